The Morgan fingerprint density at radius 2 is 1.96 bits per heavy atom. The monoisotopic (exact) mass is 504 g/mol. The average molecular weight is 504 g/mol. The first-order chi connectivity index (χ1) is 12.2. The lowest BCUT2D eigenvalue weighted by Crippen LogP contribution is -2.09. The molecule has 2 heterocycles. The number of anilines is 2. The summed E-state index contributed by atoms with van der Waals surface area (Å²) in [5, 5.41) is 6.80. The molecule has 3 rings (SSSR count). The van der Waals surface area contributed by atoms with Crippen LogP contribution in [0.25, 0.3) is 22.3 Å². The summed E-state index contributed by atoms with van der Waals surface area (Å²) in [5.41, 5.74) is 2.46. The van der Waals surface area contributed by atoms with Gasteiger partial charge < -0.3 is 8.38 Å². The maximum Gasteiger partial charge on any atom is 0.229 e. The van der Waals surface area contributed by atoms with Gasteiger partial charge in [-0.15, -0.1) is 11.3 Å². The van der Waals surface area contributed by atoms with Crippen molar-refractivity contribution in [2.24, 2.45) is 0 Å². The maximum absolute atomic E-state index is 11.5. The topological polar surface area (TPSA) is 93.2 Å². The van der Waals surface area contributed by atoms with Gasteiger partial charge in [0.05, 0.1) is 23.2 Å². The van der Waals surface area contributed by atoms with Gasteiger partial charge in [-0.1, -0.05) is 0 Å². The zero-order chi connectivity index (χ0) is 18.9. The third kappa shape index (κ3) is 4.54. The van der Waals surface area contributed by atoms with Gasteiger partial charge in [0, 0.05) is 22.9 Å². The minimum absolute atomic E-state index is 0.288. The molecule has 26 heavy (non-hydrogen) atoms. The number of halogens is 1. The van der Waals surface area contributed by atoms with Gasteiger partial charge in [-0.25, -0.2) is 18.4 Å². The van der Waals surface area contributed by atoms with Crippen molar-refractivity contribution in [1.82, 2.24) is 9.97 Å². The SMILES string of the molecule is CC(C)Nc1nc(-c2cc(OI)c3ccc(NS(C)(=O)=O)cc3n2)cs1. The zero-order valence-electron chi connectivity index (χ0n) is 14.3. The van der Waals surface area contributed by atoms with E-state index in [2.05, 4.69) is 20.0 Å². The minimum Gasteiger partial charge on any atom is -0.427 e. The number of nitrogens with one attached hydrogen (secondary N) is 2. The van der Waals surface area contributed by atoms with Crippen LogP contribution in [0.4, 0.5) is 10.8 Å². The van der Waals surface area contributed by atoms with Gasteiger partial charge in [0.2, 0.25) is 10.0 Å². The number of hydrogen-bond acceptors (Lipinski definition) is 7. The predicted octanol–water partition coefficient (Wildman–Crippen LogP) is 4.28. The molecule has 0 spiro atoms. The molecule has 0 aliphatic heterocycles. The van der Waals surface area contributed by atoms with Crippen LogP contribution >= 0.6 is 34.3 Å². The number of aromatic nitrogens is 2. The molecule has 2 N–H and O–H groups in total. The first-order valence-electron chi connectivity index (χ1n) is 7.69. The molecule has 0 saturated carbocycles. The number of rotatable bonds is 6. The van der Waals surface area contributed by atoms with Gasteiger partial charge >= 0.3 is 0 Å². The van der Waals surface area contributed by atoms with E-state index >= 15 is 0 Å². The van der Waals surface area contributed by atoms with E-state index in [1.807, 2.05) is 48.3 Å². The second-order valence-corrected chi connectivity index (χ2v) is 9.07. The summed E-state index contributed by atoms with van der Waals surface area (Å²) in [4.78, 5) is 9.20. The normalized spacial score (nSPS) is 11.7. The highest BCUT2D eigenvalue weighted by atomic mass is 127. The van der Waals surface area contributed by atoms with Gasteiger partial charge in [0.1, 0.15) is 11.4 Å². The lowest BCUT2D eigenvalue weighted by Gasteiger charge is -2.09. The van der Waals surface area contributed by atoms with Gasteiger partial charge in [-0.05, 0) is 32.0 Å². The summed E-state index contributed by atoms with van der Waals surface area (Å²) in [5.74, 6) is 0.642. The summed E-state index contributed by atoms with van der Waals surface area (Å²) in [6, 6.07) is 7.25. The Morgan fingerprint density at radius 1 is 1.19 bits per heavy atom. The van der Waals surface area contributed by atoms with Crippen LogP contribution in [0.5, 0.6) is 5.75 Å². The van der Waals surface area contributed by atoms with E-state index in [0.717, 1.165) is 22.5 Å². The first-order valence-corrected chi connectivity index (χ1v) is 11.3. The second-order valence-electron chi connectivity index (χ2n) is 6.03. The summed E-state index contributed by atoms with van der Waals surface area (Å²) in [6.45, 7) is 4.10. The lowest BCUT2D eigenvalue weighted by molar-refractivity contribution is 0.607. The van der Waals surface area contributed by atoms with Crippen molar-refractivity contribution in [1.29, 1.82) is 0 Å². The number of nitrogens with zero attached hydrogens (tertiary/aromatic N) is 2. The molecule has 3 aromatic rings. The van der Waals surface area contributed by atoms with Gasteiger partial charge in [-0.3, -0.25) is 4.72 Å². The van der Waals surface area contributed by atoms with Crippen LogP contribution in [0, 0.1) is 0 Å². The molecule has 138 valence electrons. The molecule has 0 fully saturated rings. The molecule has 0 bridgehead atoms. The van der Waals surface area contributed by atoms with Crippen molar-refractivity contribution >= 4 is 66.1 Å². The van der Waals surface area contributed by atoms with Crippen molar-refractivity contribution < 1.29 is 11.5 Å². The van der Waals surface area contributed by atoms with E-state index in [-0.39, 0.29) is 6.04 Å². The van der Waals surface area contributed by atoms with Crippen LogP contribution in [-0.4, -0.2) is 30.7 Å². The fourth-order valence-electron chi connectivity index (χ4n) is 2.37. The van der Waals surface area contributed by atoms with Crippen LogP contribution in [0.1, 0.15) is 13.8 Å². The van der Waals surface area contributed by atoms with Crippen LogP contribution in [0.15, 0.2) is 29.6 Å². The van der Waals surface area contributed by atoms with Gasteiger partial charge in [0.25, 0.3) is 0 Å². The van der Waals surface area contributed by atoms with Gasteiger partial charge in [0.15, 0.2) is 28.1 Å². The Labute approximate surface area is 169 Å². The molecule has 1 aromatic carbocycles. The number of pyridine rings is 1. The number of fused-ring (bicyclic) bond motifs is 1. The first kappa shape index (κ1) is 19.1. The third-order valence-electron chi connectivity index (χ3n) is 3.34. The van der Waals surface area contributed by atoms with Crippen LogP contribution in [0.3, 0.4) is 0 Å². The minimum atomic E-state index is -3.36. The zero-order valence-corrected chi connectivity index (χ0v) is 18.1. The molecule has 0 amide bonds. The van der Waals surface area contributed by atoms with Crippen molar-refractivity contribution in [3.63, 3.8) is 0 Å². The second kappa shape index (κ2) is 7.53. The summed E-state index contributed by atoms with van der Waals surface area (Å²) < 4.78 is 30.8. The van der Waals surface area contributed by atoms with E-state index < -0.39 is 10.0 Å². The highest BCUT2D eigenvalue weighted by molar-refractivity contribution is 14.1. The molecular weight excluding hydrogens is 487 g/mol. The fraction of sp³-hybridized carbons (Fsp3) is 0.250. The summed E-state index contributed by atoms with van der Waals surface area (Å²) >= 11 is 3.33. The molecule has 10 heteroatoms. The molecule has 0 aliphatic carbocycles. The molecule has 7 nitrogen and oxygen atoms in total. The quantitative estimate of drug-likeness (QED) is 0.487. The van der Waals surface area contributed by atoms with Crippen molar-refractivity contribution in [2.45, 2.75) is 19.9 Å². The average Bonchev–Trinajstić information content (AvgIpc) is 2.99. The van der Waals surface area contributed by atoms with E-state index in [1.165, 1.54) is 11.3 Å². The Morgan fingerprint density at radius 3 is 2.62 bits per heavy atom. The highest BCUT2D eigenvalue weighted by Crippen LogP contribution is 2.33. The van der Waals surface area contributed by atoms with E-state index in [4.69, 9.17) is 3.07 Å². The molecule has 0 radical (unpaired) electrons. The summed E-state index contributed by atoms with van der Waals surface area (Å²) in [7, 11) is -3.36. The van der Waals surface area contributed by atoms with Crippen molar-refractivity contribution in [2.75, 3.05) is 16.3 Å². The van der Waals surface area contributed by atoms with Crippen LogP contribution in [-0.2, 0) is 10.0 Å². The molecular formula is C16H17IN4O3S2. The number of thiazole rings is 1. The largest absolute Gasteiger partial charge is 0.427 e. The number of hydrogen-bond donors (Lipinski definition) is 2. The van der Waals surface area contributed by atoms with Gasteiger partial charge in [-0.2, -0.15) is 0 Å². The fourth-order valence-corrected chi connectivity index (χ4v) is 4.14. The van der Waals surface area contributed by atoms with E-state index in [0.29, 0.717) is 22.6 Å². The predicted molar refractivity (Wildman–Crippen MR) is 115 cm³/mol. The van der Waals surface area contributed by atoms with Crippen LogP contribution < -0.4 is 13.1 Å². The van der Waals surface area contributed by atoms with Crippen molar-refractivity contribution in [3.8, 4) is 17.1 Å². The van der Waals surface area contributed by atoms with Crippen molar-refractivity contribution in [3.05, 3.63) is 29.6 Å². The molecule has 0 atom stereocenters. The third-order valence-corrected chi connectivity index (χ3v) is 5.19. The Kier molecular flexibility index (Phi) is 5.53. The van der Waals surface area contributed by atoms with E-state index in [1.54, 1.807) is 18.2 Å². The Balaban J connectivity index is 2.07. The lowest BCUT2D eigenvalue weighted by atomic mass is 10.1. The standard InChI is InChI=1S/C16H17IN4O3S2/c1-9(2)18-16-20-14(8-25-16)13-7-15(24-17)11-5-4-10(6-12(11)19-13)21-26(3,22)23/h4-9,21H,1-3H3,(H,18,20). The summed E-state index contributed by atoms with van der Waals surface area (Å²) in [6.07, 6.45) is 1.11. The molecule has 2 aromatic heterocycles. The molecule has 0 saturated heterocycles. The highest BCUT2D eigenvalue weighted by Gasteiger charge is 2.13. The number of sulfonamides is 1. The Hall–Kier alpha value is -1.66. The molecule has 0 unspecified atom stereocenters. The van der Waals surface area contributed by atoms with Crippen LogP contribution in [0.2, 0.25) is 0 Å². The number of benzene rings is 1. The molecule has 0 aliphatic rings. The van der Waals surface area contributed by atoms with E-state index in [9.17, 15) is 8.42 Å². The maximum atomic E-state index is 11.5. The smallest absolute Gasteiger partial charge is 0.229 e. The Bertz CT molecular complexity index is 1050.